The molecule has 6 nitrogen and oxygen atoms in total. The van der Waals surface area contributed by atoms with Gasteiger partial charge >= 0.3 is 0 Å². The maximum atomic E-state index is 12.0. The van der Waals surface area contributed by atoms with Crippen LogP contribution in [-0.2, 0) is 0 Å². The predicted octanol–water partition coefficient (Wildman–Crippen LogP) is 3.64. The lowest BCUT2D eigenvalue weighted by Crippen LogP contribution is -2.06. The number of phenolic OH excluding ortho intramolecular Hbond substituents is 1. The Labute approximate surface area is 121 Å². The van der Waals surface area contributed by atoms with E-state index in [-0.39, 0.29) is 34.9 Å². The van der Waals surface area contributed by atoms with Crippen LogP contribution in [0.3, 0.4) is 0 Å². The van der Waals surface area contributed by atoms with Gasteiger partial charge in [0.2, 0.25) is 0 Å². The third-order valence-corrected chi connectivity index (χ3v) is 3.02. The van der Waals surface area contributed by atoms with Crippen molar-refractivity contribution in [1.29, 1.82) is 0 Å². The largest absolute Gasteiger partial charge is 0.506 e. The maximum Gasteiger partial charge on any atom is 0.293 e. The molecule has 0 saturated carbocycles. The smallest absolute Gasteiger partial charge is 0.293 e. The number of nitrogens with one attached hydrogen (secondary N) is 1. The minimum atomic E-state index is -0.561. The molecule has 0 bridgehead atoms. The quantitative estimate of drug-likeness (QED) is 0.379. The van der Waals surface area contributed by atoms with E-state index in [1.807, 2.05) is 0 Å². The fraction of sp³-hybridized carbons (Fsp3) is 0.133. The molecule has 0 heterocycles. The van der Waals surface area contributed by atoms with E-state index in [9.17, 15) is 20.0 Å². The van der Waals surface area contributed by atoms with Gasteiger partial charge in [0, 0.05) is 18.1 Å². The van der Waals surface area contributed by atoms with Crippen molar-refractivity contribution in [2.75, 3.05) is 5.32 Å². The summed E-state index contributed by atoms with van der Waals surface area (Å²) in [6, 6.07) is 10.7. The van der Waals surface area contributed by atoms with Crippen LogP contribution in [0.25, 0.3) is 0 Å². The lowest BCUT2D eigenvalue weighted by molar-refractivity contribution is -0.383. The van der Waals surface area contributed by atoms with Gasteiger partial charge in [0.15, 0.2) is 5.78 Å². The Hall–Kier alpha value is -2.89. The molecule has 0 aliphatic carbocycles. The van der Waals surface area contributed by atoms with Gasteiger partial charge in [-0.3, -0.25) is 14.9 Å². The zero-order valence-corrected chi connectivity index (χ0v) is 11.4. The van der Waals surface area contributed by atoms with Crippen LogP contribution in [0.5, 0.6) is 5.75 Å². The molecule has 6 heteroatoms. The molecule has 2 rings (SSSR count). The fourth-order valence-electron chi connectivity index (χ4n) is 1.96. The van der Waals surface area contributed by atoms with Gasteiger partial charge in [-0.2, -0.15) is 0 Å². The number of para-hydroxylation sites is 3. The first-order valence-corrected chi connectivity index (χ1v) is 6.40. The molecule has 0 aromatic heterocycles. The molecule has 0 saturated heterocycles. The second kappa shape index (κ2) is 6.04. The van der Waals surface area contributed by atoms with Crippen LogP contribution in [0.2, 0.25) is 0 Å². The van der Waals surface area contributed by atoms with Crippen LogP contribution in [-0.4, -0.2) is 15.8 Å². The van der Waals surface area contributed by atoms with Crippen molar-refractivity contribution in [3.8, 4) is 5.75 Å². The molecule has 108 valence electrons. The topological polar surface area (TPSA) is 92.5 Å². The summed E-state index contributed by atoms with van der Waals surface area (Å²) in [7, 11) is 0. The number of rotatable bonds is 5. The molecule has 21 heavy (non-hydrogen) atoms. The lowest BCUT2D eigenvalue weighted by atomic mass is 10.0. The van der Waals surface area contributed by atoms with Gasteiger partial charge in [-0.15, -0.1) is 0 Å². The SMILES string of the molecule is CCC(=O)c1cccc([N+](=O)[O-])c1Nc1ccccc1O. The predicted molar refractivity (Wildman–Crippen MR) is 79.1 cm³/mol. The summed E-state index contributed by atoms with van der Waals surface area (Å²) >= 11 is 0. The summed E-state index contributed by atoms with van der Waals surface area (Å²) < 4.78 is 0. The summed E-state index contributed by atoms with van der Waals surface area (Å²) in [5, 5.41) is 23.7. The molecule has 0 spiro atoms. The number of nitro benzene ring substituents is 1. The molecule has 0 amide bonds. The highest BCUT2D eigenvalue weighted by molar-refractivity contribution is 6.03. The van der Waals surface area contributed by atoms with Gasteiger partial charge in [0.05, 0.1) is 10.6 Å². The Morgan fingerprint density at radius 1 is 1.24 bits per heavy atom. The first kappa shape index (κ1) is 14.5. The highest BCUT2D eigenvalue weighted by atomic mass is 16.6. The summed E-state index contributed by atoms with van der Waals surface area (Å²) in [5.41, 5.74) is 0.417. The Morgan fingerprint density at radius 3 is 2.57 bits per heavy atom. The number of phenols is 1. The van der Waals surface area contributed by atoms with Crippen molar-refractivity contribution in [3.63, 3.8) is 0 Å². The van der Waals surface area contributed by atoms with Gasteiger partial charge in [-0.05, 0) is 18.2 Å². The molecular weight excluding hydrogens is 272 g/mol. The second-order valence-electron chi connectivity index (χ2n) is 4.38. The number of carbonyl (C=O) groups excluding carboxylic acids is 1. The third-order valence-electron chi connectivity index (χ3n) is 3.02. The monoisotopic (exact) mass is 286 g/mol. The number of nitrogens with zero attached hydrogens (tertiary/aromatic N) is 1. The third kappa shape index (κ3) is 3.00. The van der Waals surface area contributed by atoms with Gasteiger partial charge in [-0.1, -0.05) is 25.1 Å². The number of benzene rings is 2. The number of anilines is 2. The normalized spacial score (nSPS) is 10.1. The Morgan fingerprint density at radius 2 is 1.95 bits per heavy atom. The summed E-state index contributed by atoms with van der Waals surface area (Å²) in [4.78, 5) is 22.6. The van der Waals surface area contributed by atoms with Gasteiger partial charge in [-0.25, -0.2) is 0 Å². The number of hydrogen-bond donors (Lipinski definition) is 2. The minimum Gasteiger partial charge on any atom is -0.506 e. The molecule has 0 unspecified atom stereocenters. The summed E-state index contributed by atoms with van der Waals surface area (Å²) in [6.07, 6.45) is 0.233. The molecule has 0 fully saturated rings. The molecule has 0 atom stereocenters. The van der Waals surface area contributed by atoms with Crippen LogP contribution in [0.4, 0.5) is 17.1 Å². The van der Waals surface area contributed by atoms with E-state index >= 15 is 0 Å². The summed E-state index contributed by atoms with van der Waals surface area (Å²) in [5.74, 6) is -0.262. The van der Waals surface area contributed by atoms with Gasteiger partial charge in [0.1, 0.15) is 11.4 Å². The van der Waals surface area contributed by atoms with Crippen molar-refractivity contribution in [2.24, 2.45) is 0 Å². The van der Waals surface area contributed by atoms with Crippen molar-refractivity contribution < 1.29 is 14.8 Å². The van der Waals surface area contributed by atoms with Crippen molar-refractivity contribution in [2.45, 2.75) is 13.3 Å². The zero-order valence-electron chi connectivity index (χ0n) is 11.4. The molecule has 2 aromatic rings. The van der Waals surface area contributed by atoms with E-state index in [1.165, 1.54) is 24.3 Å². The van der Waals surface area contributed by atoms with E-state index in [4.69, 9.17) is 0 Å². The first-order chi connectivity index (χ1) is 10.0. The van der Waals surface area contributed by atoms with Gasteiger partial charge in [0.25, 0.3) is 5.69 Å². The maximum absolute atomic E-state index is 12.0. The van der Waals surface area contributed by atoms with E-state index in [2.05, 4.69) is 5.32 Å². The van der Waals surface area contributed by atoms with Crippen molar-refractivity contribution in [3.05, 3.63) is 58.1 Å². The number of ketones is 1. The van der Waals surface area contributed by atoms with E-state index in [0.29, 0.717) is 5.69 Å². The Bertz CT molecular complexity index is 698. The van der Waals surface area contributed by atoms with Gasteiger partial charge < -0.3 is 10.4 Å². The summed E-state index contributed by atoms with van der Waals surface area (Å²) in [6.45, 7) is 1.69. The van der Waals surface area contributed by atoms with E-state index in [1.54, 1.807) is 25.1 Å². The highest BCUT2D eigenvalue weighted by Gasteiger charge is 2.21. The van der Waals surface area contributed by atoms with E-state index in [0.717, 1.165) is 0 Å². The number of nitro groups is 1. The zero-order chi connectivity index (χ0) is 15.4. The number of carbonyl (C=O) groups is 1. The van der Waals surface area contributed by atoms with Crippen LogP contribution in [0, 0.1) is 10.1 Å². The second-order valence-corrected chi connectivity index (χ2v) is 4.38. The number of Topliss-reactive ketones (excluding diaryl/α,β-unsaturated/α-hetero) is 1. The van der Waals surface area contributed by atoms with Crippen LogP contribution >= 0.6 is 0 Å². The number of aromatic hydroxyl groups is 1. The standard InChI is InChI=1S/C15H14N2O4/c1-2-13(18)10-6-5-8-12(17(20)21)15(10)16-11-7-3-4-9-14(11)19/h3-9,16,19H,2H2,1H3. The first-order valence-electron chi connectivity index (χ1n) is 6.40. The lowest BCUT2D eigenvalue weighted by Gasteiger charge is -2.12. The van der Waals surface area contributed by atoms with Crippen LogP contribution in [0.15, 0.2) is 42.5 Å². The molecule has 0 aliphatic heterocycles. The Balaban J connectivity index is 2.56. The molecule has 2 aromatic carbocycles. The van der Waals surface area contributed by atoms with Crippen molar-refractivity contribution in [1.82, 2.24) is 0 Å². The average molecular weight is 286 g/mol. The number of hydrogen-bond acceptors (Lipinski definition) is 5. The average Bonchev–Trinajstić information content (AvgIpc) is 2.48. The van der Waals surface area contributed by atoms with E-state index < -0.39 is 4.92 Å². The molecule has 2 N–H and O–H groups in total. The minimum absolute atomic E-state index is 0.0504. The Kier molecular flexibility index (Phi) is 4.18. The van der Waals surface area contributed by atoms with Crippen LogP contribution < -0.4 is 5.32 Å². The van der Waals surface area contributed by atoms with Crippen molar-refractivity contribution >= 4 is 22.8 Å². The van der Waals surface area contributed by atoms with Crippen LogP contribution in [0.1, 0.15) is 23.7 Å². The molecule has 0 radical (unpaired) electrons. The molecule has 0 aliphatic rings. The fourth-order valence-corrected chi connectivity index (χ4v) is 1.96. The highest BCUT2D eigenvalue weighted by Crippen LogP contribution is 2.34. The molecular formula is C15H14N2O4.